The van der Waals surface area contributed by atoms with Gasteiger partial charge in [0.05, 0.1) is 12.2 Å². The Kier molecular flexibility index (Phi) is 4.05. The fraction of sp³-hybridized carbons (Fsp3) is 1.00. The normalized spacial score (nSPS) is 41.8. The van der Waals surface area contributed by atoms with E-state index in [0.29, 0.717) is 17.6 Å². The van der Waals surface area contributed by atoms with Gasteiger partial charge in [0.1, 0.15) is 0 Å². The molecule has 2 fully saturated rings. The van der Waals surface area contributed by atoms with Crippen molar-refractivity contribution in [2.45, 2.75) is 71.1 Å². The van der Waals surface area contributed by atoms with Crippen LogP contribution in [0.25, 0.3) is 0 Å². The number of rotatable bonds is 2. The Bertz CT molecular complexity index is 282. The molecule has 1 saturated carbocycles. The highest BCUT2D eigenvalue weighted by Gasteiger charge is 2.50. The van der Waals surface area contributed by atoms with Crippen molar-refractivity contribution in [1.29, 1.82) is 0 Å². The molecule has 3 nitrogen and oxygen atoms in total. The van der Waals surface area contributed by atoms with Gasteiger partial charge in [-0.15, -0.1) is 0 Å². The maximum atomic E-state index is 6.25. The zero-order valence-electron chi connectivity index (χ0n) is 12.5. The quantitative estimate of drug-likeness (QED) is 0.822. The van der Waals surface area contributed by atoms with E-state index in [-0.39, 0.29) is 5.54 Å². The monoisotopic (exact) mass is 254 g/mol. The van der Waals surface area contributed by atoms with Crippen molar-refractivity contribution in [2.24, 2.45) is 11.1 Å². The zero-order chi connectivity index (χ0) is 13.4. The minimum atomic E-state index is 0.178. The summed E-state index contributed by atoms with van der Waals surface area (Å²) in [4.78, 5) is 2.64. The number of hydrogen-bond acceptors (Lipinski definition) is 3. The van der Waals surface area contributed by atoms with Gasteiger partial charge in [-0.05, 0) is 32.1 Å². The van der Waals surface area contributed by atoms with E-state index >= 15 is 0 Å². The van der Waals surface area contributed by atoms with Crippen LogP contribution in [0.1, 0.15) is 53.4 Å². The van der Waals surface area contributed by atoms with E-state index in [4.69, 9.17) is 10.5 Å². The van der Waals surface area contributed by atoms with Crippen LogP contribution in [0, 0.1) is 5.41 Å². The third-order valence-electron chi connectivity index (χ3n) is 5.26. The number of morpholine rings is 1. The van der Waals surface area contributed by atoms with Gasteiger partial charge in [0, 0.05) is 25.2 Å². The molecule has 1 aliphatic heterocycles. The lowest BCUT2D eigenvalue weighted by Crippen LogP contribution is -2.67. The van der Waals surface area contributed by atoms with Gasteiger partial charge >= 0.3 is 0 Å². The Labute approximate surface area is 112 Å². The summed E-state index contributed by atoms with van der Waals surface area (Å²) in [5, 5.41) is 0. The fourth-order valence-electron chi connectivity index (χ4n) is 4.18. The Morgan fingerprint density at radius 1 is 1.11 bits per heavy atom. The molecule has 0 aromatic rings. The lowest BCUT2D eigenvalue weighted by atomic mass is 9.62. The molecule has 0 radical (unpaired) electrons. The molecule has 0 amide bonds. The molecule has 1 heterocycles. The van der Waals surface area contributed by atoms with Crippen LogP contribution >= 0.6 is 0 Å². The van der Waals surface area contributed by atoms with Gasteiger partial charge in [-0.25, -0.2) is 0 Å². The first-order valence-electron chi connectivity index (χ1n) is 7.52. The topological polar surface area (TPSA) is 38.5 Å². The largest absolute Gasteiger partial charge is 0.373 e. The predicted molar refractivity (Wildman–Crippen MR) is 75.6 cm³/mol. The van der Waals surface area contributed by atoms with E-state index in [1.54, 1.807) is 0 Å². The summed E-state index contributed by atoms with van der Waals surface area (Å²) >= 11 is 0. The van der Waals surface area contributed by atoms with E-state index in [1.165, 1.54) is 25.7 Å². The molecule has 2 rings (SSSR count). The first-order chi connectivity index (χ1) is 8.41. The van der Waals surface area contributed by atoms with Crippen molar-refractivity contribution >= 4 is 0 Å². The summed E-state index contributed by atoms with van der Waals surface area (Å²) < 4.78 is 5.88. The summed E-state index contributed by atoms with van der Waals surface area (Å²) in [5.74, 6) is 0. The lowest BCUT2D eigenvalue weighted by Gasteiger charge is -2.58. The van der Waals surface area contributed by atoms with E-state index in [9.17, 15) is 0 Å². The van der Waals surface area contributed by atoms with Crippen LogP contribution in [0.2, 0.25) is 0 Å². The molecular formula is C15H30N2O. The molecule has 1 aliphatic carbocycles. The lowest BCUT2D eigenvalue weighted by molar-refractivity contribution is -0.138. The first kappa shape index (κ1) is 14.3. The Hall–Kier alpha value is -0.120. The second-order valence-corrected chi connectivity index (χ2v) is 6.99. The minimum Gasteiger partial charge on any atom is -0.373 e. The van der Waals surface area contributed by atoms with Crippen molar-refractivity contribution in [3.05, 3.63) is 0 Å². The van der Waals surface area contributed by atoms with Crippen molar-refractivity contribution in [3.8, 4) is 0 Å². The molecule has 2 aliphatic rings. The molecule has 0 bridgehead atoms. The van der Waals surface area contributed by atoms with Crippen molar-refractivity contribution in [2.75, 3.05) is 19.6 Å². The average Bonchev–Trinajstić information content (AvgIpc) is 2.27. The number of hydrogen-bond donors (Lipinski definition) is 1. The second-order valence-electron chi connectivity index (χ2n) is 6.99. The molecule has 106 valence electrons. The first-order valence-corrected chi connectivity index (χ1v) is 7.52. The summed E-state index contributed by atoms with van der Waals surface area (Å²) in [6.45, 7) is 12.0. The third kappa shape index (κ3) is 2.33. The third-order valence-corrected chi connectivity index (χ3v) is 5.26. The van der Waals surface area contributed by atoms with Crippen molar-refractivity contribution < 1.29 is 4.74 Å². The minimum absolute atomic E-state index is 0.178. The summed E-state index contributed by atoms with van der Waals surface area (Å²) in [5.41, 5.74) is 6.75. The van der Waals surface area contributed by atoms with Gasteiger partial charge in [-0.3, -0.25) is 4.90 Å². The summed E-state index contributed by atoms with van der Waals surface area (Å²) in [7, 11) is 0. The van der Waals surface area contributed by atoms with Gasteiger partial charge in [-0.1, -0.05) is 26.7 Å². The highest BCUT2D eigenvalue weighted by Crippen LogP contribution is 2.47. The average molecular weight is 254 g/mol. The van der Waals surface area contributed by atoms with Gasteiger partial charge in [0.25, 0.3) is 0 Å². The highest BCUT2D eigenvalue weighted by molar-refractivity contribution is 5.06. The van der Waals surface area contributed by atoms with Crippen LogP contribution < -0.4 is 5.73 Å². The standard InChI is InChI=1S/C15H30N2O/c1-12-9-17(10-13(2)18-12)15(11-16)8-6-5-7-14(15,3)4/h12-13H,5-11,16H2,1-4H3. The molecule has 3 atom stereocenters. The van der Waals surface area contributed by atoms with Crippen LogP contribution in [0.15, 0.2) is 0 Å². The number of ether oxygens (including phenoxy) is 1. The Balaban J connectivity index is 2.25. The molecular weight excluding hydrogens is 224 g/mol. The number of nitrogens with two attached hydrogens (primary N) is 1. The van der Waals surface area contributed by atoms with E-state index in [1.807, 2.05) is 0 Å². The Morgan fingerprint density at radius 3 is 2.17 bits per heavy atom. The molecule has 0 spiro atoms. The van der Waals surface area contributed by atoms with E-state index in [2.05, 4.69) is 32.6 Å². The fourth-order valence-corrected chi connectivity index (χ4v) is 4.18. The van der Waals surface area contributed by atoms with E-state index < -0.39 is 0 Å². The van der Waals surface area contributed by atoms with Crippen molar-refractivity contribution in [1.82, 2.24) is 4.90 Å². The molecule has 2 N–H and O–H groups in total. The maximum Gasteiger partial charge on any atom is 0.0678 e. The van der Waals surface area contributed by atoms with Crippen LogP contribution in [-0.4, -0.2) is 42.3 Å². The van der Waals surface area contributed by atoms with Crippen LogP contribution in [-0.2, 0) is 4.74 Å². The van der Waals surface area contributed by atoms with Crippen LogP contribution in [0.3, 0.4) is 0 Å². The molecule has 3 unspecified atom stereocenters. The van der Waals surface area contributed by atoms with Gasteiger partial charge in [0.2, 0.25) is 0 Å². The maximum absolute atomic E-state index is 6.25. The second kappa shape index (κ2) is 5.10. The molecule has 1 saturated heterocycles. The zero-order valence-corrected chi connectivity index (χ0v) is 12.5. The summed E-state index contributed by atoms with van der Waals surface area (Å²) in [6, 6.07) is 0. The molecule has 0 aromatic carbocycles. The number of nitrogens with zero attached hydrogens (tertiary/aromatic N) is 1. The highest BCUT2D eigenvalue weighted by atomic mass is 16.5. The SMILES string of the molecule is CC1CN(C2(CN)CCCCC2(C)C)CC(C)O1. The van der Waals surface area contributed by atoms with Gasteiger partial charge < -0.3 is 10.5 Å². The smallest absolute Gasteiger partial charge is 0.0678 e. The van der Waals surface area contributed by atoms with Crippen LogP contribution in [0.5, 0.6) is 0 Å². The van der Waals surface area contributed by atoms with Crippen molar-refractivity contribution in [3.63, 3.8) is 0 Å². The molecule has 0 aromatic heterocycles. The molecule has 18 heavy (non-hydrogen) atoms. The molecule has 3 heteroatoms. The predicted octanol–water partition coefficient (Wildman–Crippen LogP) is 2.39. The van der Waals surface area contributed by atoms with Gasteiger partial charge in [-0.2, -0.15) is 0 Å². The van der Waals surface area contributed by atoms with Gasteiger partial charge in [0.15, 0.2) is 0 Å². The summed E-state index contributed by atoms with van der Waals surface area (Å²) in [6.07, 6.45) is 5.87. The Morgan fingerprint density at radius 2 is 1.67 bits per heavy atom. The van der Waals surface area contributed by atoms with E-state index in [0.717, 1.165) is 19.6 Å². The van der Waals surface area contributed by atoms with Crippen LogP contribution in [0.4, 0.5) is 0 Å².